The maximum atomic E-state index is 5.96. The molecule has 0 fully saturated rings. The number of aromatic nitrogens is 1. The lowest BCUT2D eigenvalue weighted by Gasteiger charge is -2.05. The molecular formula is C15H15ClN2OS. The van der Waals surface area contributed by atoms with Gasteiger partial charge in [0.2, 0.25) is 0 Å². The Hall–Kier alpha value is -1.52. The molecule has 0 N–H and O–H groups in total. The van der Waals surface area contributed by atoms with Crippen molar-refractivity contribution in [2.45, 2.75) is 6.92 Å². The standard InChI is InChI=1S/C15H15ClN2OS/c1-3-19-13-7-8-14(17-10-13)15(20-2)18-12-6-4-5-11(16)9-12/h4-10H,3H2,1-2H3. The predicted octanol–water partition coefficient (Wildman–Crippen LogP) is 4.58. The fraction of sp³-hybridized carbons (Fsp3) is 0.200. The largest absolute Gasteiger partial charge is 0.492 e. The summed E-state index contributed by atoms with van der Waals surface area (Å²) in [6.45, 7) is 2.58. The molecule has 0 amide bonds. The maximum absolute atomic E-state index is 5.96. The van der Waals surface area contributed by atoms with Gasteiger partial charge in [0.05, 0.1) is 24.2 Å². The Morgan fingerprint density at radius 2 is 2.20 bits per heavy atom. The van der Waals surface area contributed by atoms with E-state index in [-0.39, 0.29) is 0 Å². The SMILES string of the molecule is CCOc1ccc(C(=Nc2cccc(Cl)c2)SC)nc1. The first kappa shape index (κ1) is 14.9. The molecule has 1 heterocycles. The molecule has 0 unspecified atom stereocenters. The van der Waals surface area contributed by atoms with E-state index in [0.717, 1.165) is 22.2 Å². The quantitative estimate of drug-likeness (QED) is 0.613. The highest BCUT2D eigenvalue weighted by atomic mass is 35.5. The molecule has 2 aromatic rings. The smallest absolute Gasteiger partial charge is 0.137 e. The Balaban J connectivity index is 2.27. The molecule has 0 bridgehead atoms. The second kappa shape index (κ2) is 7.31. The van der Waals surface area contributed by atoms with Gasteiger partial charge in [-0.2, -0.15) is 0 Å². The van der Waals surface area contributed by atoms with Gasteiger partial charge in [-0.05, 0) is 43.5 Å². The van der Waals surface area contributed by atoms with E-state index in [1.807, 2.05) is 49.6 Å². The third kappa shape index (κ3) is 3.99. The van der Waals surface area contributed by atoms with Crippen LogP contribution in [0.25, 0.3) is 0 Å². The van der Waals surface area contributed by atoms with Gasteiger partial charge in [-0.3, -0.25) is 4.98 Å². The molecule has 0 aliphatic heterocycles. The summed E-state index contributed by atoms with van der Waals surface area (Å²) < 4.78 is 5.38. The number of ether oxygens (including phenoxy) is 1. The lowest BCUT2D eigenvalue weighted by molar-refractivity contribution is 0.339. The minimum atomic E-state index is 0.632. The molecule has 1 aromatic carbocycles. The molecule has 0 atom stereocenters. The van der Waals surface area contributed by atoms with E-state index >= 15 is 0 Å². The fourth-order valence-corrected chi connectivity index (χ4v) is 2.34. The van der Waals surface area contributed by atoms with E-state index in [2.05, 4.69) is 9.98 Å². The van der Waals surface area contributed by atoms with Crippen LogP contribution >= 0.6 is 23.4 Å². The van der Waals surface area contributed by atoms with Crippen molar-refractivity contribution in [3.05, 3.63) is 53.3 Å². The Bertz CT molecular complexity index is 599. The number of hydrogen-bond donors (Lipinski definition) is 0. The van der Waals surface area contributed by atoms with Gasteiger partial charge >= 0.3 is 0 Å². The summed E-state index contributed by atoms with van der Waals surface area (Å²) in [5.74, 6) is 0.763. The minimum absolute atomic E-state index is 0.632. The monoisotopic (exact) mass is 306 g/mol. The number of aliphatic imine (C=N–C) groups is 1. The Labute approximate surface area is 128 Å². The zero-order valence-electron chi connectivity index (χ0n) is 11.3. The zero-order valence-corrected chi connectivity index (χ0v) is 12.9. The van der Waals surface area contributed by atoms with Crippen molar-refractivity contribution in [3.63, 3.8) is 0 Å². The van der Waals surface area contributed by atoms with Gasteiger partial charge in [0, 0.05) is 5.02 Å². The van der Waals surface area contributed by atoms with Gasteiger partial charge in [-0.1, -0.05) is 17.7 Å². The highest BCUT2D eigenvalue weighted by Crippen LogP contribution is 2.22. The van der Waals surface area contributed by atoms with E-state index < -0.39 is 0 Å². The third-order valence-corrected chi connectivity index (χ3v) is 3.42. The molecule has 20 heavy (non-hydrogen) atoms. The maximum Gasteiger partial charge on any atom is 0.137 e. The Morgan fingerprint density at radius 1 is 1.35 bits per heavy atom. The second-order valence-electron chi connectivity index (χ2n) is 3.91. The number of benzene rings is 1. The average molecular weight is 307 g/mol. The lowest BCUT2D eigenvalue weighted by atomic mass is 10.3. The van der Waals surface area contributed by atoms with Gasteiger partial charge in [0.1, 0.15) is 10.8 Å². The molecule has 3 nitrogen and oxygen atoms in total. The highest BCUT2D eigenvalue weighted by molar-refractivity contribution is 8.13. The van der Waals surface area contributed by atoms with E-state index in [0.29, 0.717) is 11.6 Å². The Morgan fingerprint density at radius 3 is 2.80 bits per heavy atom. The van der Waals surface area contributed by atoms with Gasteiger partial charge in [-0.25, -0.2) is 4.99 Å². The minimum Gasteiger partial charge on any atom is -0.492 e. The van der Waals surface area contributed by atoms with E-state index in [1.54, 1.807) is 18.0 Å². The van der Waals surface area contributed by atoms with Crippen LogP contribution < -0.4 is 4.74 Å². The van der Waals surface area contributed by atoms with E-state index in [1.165, 1.54) is 0 Å². The van der Waals surface area contributed by atoms with Crippen LogP contribution in [0.2, 0.25) is 5.02 Å². The van der Waals surface area contributed by atoms with Crippen LogP contribution in [0.15, 0.2) is 47.6 Å². The van der Waals surface area contributed by atoms with Gasteiger partial charge < -0.3 is 4.74 Å². The van der Waals surface area contributed by atoms with Crippen LogP contribution in [0.3, 0.4) is 0 Å². The van der Waals surface area contributed by atoms with Crippen molar-refractivity contribution in [2.75, 3.05) is 12.9 Å². The van der Waals surface area contributed by atoms with Crippen molar-refractivity contribution in [1.82, 2.24) is 4.98 Å². The number of rotatable bonds is 4. The first-order chi connectivity index (χ1) is 9.72. The molecule has 2 rings (SSSR count). The summed E-state index contributed by atoms with van der Waals surface area (Å²) in [7, 11) is 0. The van der Waals surface area contributed by atoms with E-state index in [4.69, 9.17) is 16.3 Å². The topological polar surface area (TPSA) is 34.5 Å². The zero-order chi connectivity index (χ0) is 14.4. The average Bonchev–Trinajstić information content (AvgIpc) is 2.46. The molecule has 0 aliphatic rings. The van der Waals surface area contributed by atoms with Crippen molar-refractivity contribution < 1.29 is 4.74 Å². The number of halogens is 1. The number of pyridine rings is 1. The van der Waals surface area contributed by atoms with Gasteiger partial charge in [0.25, 0.3) is 0 Å². The number of nitrogens with zero attached hydrogens (tertiary/aromatic N) is 2. The highest BCUT2D eigenvalue weighted by Gasteiger charge is 2.05. The predicted molar refractivity (Wildman–Crippen MR) is 86.6 cm³/mol. The van der Waals surface area contributed by atoms with Crippen molar-refractivity contribution in [3.8, 4) is 5.75 Å². The fourth-order valence-electron chi connectivity index (χ4n) is 1.63. The van der Waals surface area contributed by atoms with Gasteiger partial charge in [-0.15, -0.1) is 11.8 Å². The molecule has 0 spiro atoms. The van der Waals surface area contributed by atoms with Crippen LogP contribution in [-0.4, -0.2) is 22.9 Å². The van der Waals surface area contributed by atoms with Crippen molar-refractivity contribution in [1.29, 1.82) is 0 Å². The van der Waals surface area contributed by atoms with Gasteiger partial charge in [0.15, 0.2) is 0 Å². The van der Waals surface area contributed by atoms with Crippen LogP contribution in [0.1, 0.15) is 12.6 Å². The lowest BCUT2D eigenvalue weighted by Crippen LogP contribution is -1.99. The normalized spacial score (nSPS) is 11.4. The molecule has 5 heteroatoms. The summed E-state index contributed by atoms with van der Waals surface area (Å²) in [5.41, 5.74) is 1.64. The Kier molecular flexibility index (Phi) is 5.44. The van der Waals surface area contributed by atoms with Crippen LogP contribution in [0.5, 0.6) is 5.75 Å². The summed E-state index contributed by atoms with van der Waals surface area (Å²) >= 11 is 7.51. The molecule has 104 valence electrons. The van der Waals surface area contributed by atoms with Crippen LogP contribution in [0, 0.1) is 0 Å². The molecule has 0 aliphatic carbocycles. The molecule has 0 saturated heterocycles. The summed E-state index contributed by atoms with van der Waals surface area (Å²) in [4.78, 5) is 8.95. The summed E-state index contributed by atoms with van der Waals surface area (Å²) in [5, 5.41) is 1.52. The first-order valence-corrected chi connectivity index (χ1v) is 7.80. The number of hydrogen-bond acceptors (Lipinski definition) is 4. The molecular weight excluding hydrogens is 292 g/mol. The summed E-state index contributed by atoms with van der Waals surface area (Å²) in [6, 6.07) is 11.3. The van der Waals surface area contributed by atoms with Crippen molar-refractivity contribution in [2.24, 2.45) is 4.99 Å². The first-order valence-electron chi connectivity index (χ1n) is 6.20. The van der Waals surface area contributed by atoms with Crippen LogP contribution in [0.4, 0.5) is 5.69 Å². The number of thioether (sulfide) groups is 1. The summed E-state index contributed by atoms with van der Waals surface area (Å²) in [6.07, 6.45) is 3.68. The molecule has 1 aromatic heterocycles. The molecule has 0 radical (unpaired) electrons. The van der Waals surface area contributed by atoms with E-state index in [9.17, 15) is 0 Å². The second-order valence-corrected chi connectivity index (χ2v) is 5.14. The van der Waals surface area contributed by atoms with Crippen molar-refractivity contribution >= 4 is 34.1 Å². The third-order valence-electron chi connectivity index (χ3n) is 2.50. The van der Waals surface area contributed by atoms with Crippen LogP contribution in [-0.2, 0) is 0 Å². The molecule has 0 saturated carbocycles.